The van der Waals surface area contributed by atoms with Crippen molar-refractivity contribution >= 4 is 39.3 Å². The number of halogens is 2. The predicted molar refractivity (Wildman–Crippen MR) is 110 cm³/mol. The Labute approximate surface area is 172 Å². The van der Waals surface area contributed by atoms with Crippen molar-refractivity contribution in [3.05, 3.63) is 63.6 Å². The monoisotopic (exact) mass is 452 g/mol. The maximum absolute atomic E-state index is 12.9. The van der Waals surface area contributed by atoms with Crippen LogP contribution in [0.15, 0.2) is 53.0 Å². The summed E-state index contributed by atoms with van der Waals surface area (Å²) >= 11 is 9.29. The number of benzene rings is 2. The van der Waals surface area contributed by atoms with E-state index in [9.17, 15) is 9.59 Å². The standard InChI is InChI=1S/C20H22BrClN2O3/c1-3-18(20(26)23-2)24(12-14-4-8-16(22)9-5-14)19(25)13-27-17-10-6-15(21)7-11-17/h4-11,18H,3,12-13H2,1-2H3,(H,23,26)/t18-/m0/s1. The normalized spacial score (nSPS) is 11.6. The van der Waals surface area contributed by atoms with Gasteiger partial charge in [-0.05, 0) is 48.4 Å². The lowest BCUT2D eigenvalue weighted by atomic mass is 10.1. The summed E-state index contributed by atoms with van der Waals surface area (Å²) in [6.45, 7) is 2.02. The number of hydrogen-bond donors (Lipinski definition) is 1. The van der Waals surface area contributed by atoms with Crippen molar-refractivity contribution in [1.29, 1.82) is 0 Å². The van der Waals surface area contributed by atoms with Gasteiger partial charge >= 0.3 is 0 Å². The number of carbonyl (C=O) groups excluding carboxylic acids is 2. The molecule has 7 heteroatoms. The van der Waals surface area contributed by atoms with Crippen molar-refractivity contribution in [3.63, 3.8) is 0 Å². The number of rotatable bonds is 8. The molecule has 27 heavy (non-hydrogen) atoms. The van der Waals surface area contributed by atoms with E-state index in [-0.39, 0.29) is 18.4 Å². The second-order valence-electron chi connectivity index (χ2n) is 5.93. The molecule has 0 saturated carbocycles. The Morgan fingerprint density at radius 3 is 2.33 bits per heavy atom. The van der Waals surface area contributed by atoms with E-state index >= 15 is 0 Å². The first-order valence-corrected chi connectivity index (χ1v) is 9.75. The highest BCUT2D eigenvalue weighted by Crippen LogP contribution is 2.18. The molecule has 2 aromatic rings. The summed E-state index contributed by atoms with van der Waals surface area (Å²) in [6.07, 6.45) is 0.497. The molecule has 2 rings (SSSR count). The number of carbonyl (C=O) groups is 2. The van der Waals surface area contributed by atoms with Crippen LogP contribution in [0.2, 0.25) is 5.02 Å². The maximum atomic E-state index is 12.9. The molecule has 0 aliphatic rings. The summed E-state index contributed by atoms with van der Waals surface area (Å²) in [6, 6.07) is 13.9. The lowest BCUT2D eigenvalue weighted by Gasteiger charge is -2.30. The van der Waals surface area contributed by atoms with Crippen molar-refractivity contribution in [2.45, 2.75) is 25.9 Å². The highest BCUT2D eigenvalue weighted by atomic mass is 79.9. The van der Waals surface area contributed by atoms with Crippen LogP contribution >= 0.6 is 27.5 Å². The van der Waals surface area contributed by atoms with Gasteiger partial charge in [0.2, 0.25) is 5.91 Å². The third-order valence-corrected chi connectivity index (χ3v) is 4.86. The second-order valence-corrected chi connectivity index (χ2v) is 7.28. The molecule has 5 nitrogen and oxygen atoms in total. The molecule has 0 aliphatic heterocycles. The quantitative estimate of drug-likeness (QED) is 0.656. The number of nitrogens with one attached hydrogen (secondary N) is 1. The second kappa shape index (κ2) is 10.3. The van der Waals surface area contributed by atoms with Crippen LogP contribution in [0.3, 0.4) is 0 Å². The van der Waals surface area contributed by atoms with Crippen molar-refractivity contribution in [1.82, 2.24) is 10.2 Å². The molecule has 0 unspecified atom stereocenters. The van der Waals surface area contributed by atoms with Gasteiger partial charge in [-0.3, -0.25) is 9.59 Å². The van der Waals surface area contributed by atoms with Crippen LogP contribution < -0.4 is 10.1 Å². The van der Waals surface area contributed by atoms with Crippen molar-refractivity contribution in [2.24, 2.45) is 0 Å². The van der Waals surface area contributed by atoms with Gasteiger partial charge in [0.05, 0.1) is 0 Å². The van der Waals surface area contributed by atoms with Gasteiger partial charge < -0.3 is 15.0 Å². The Kier molecular flexibility index (Phi) is 8.13. The zero-order chi connectivity index (χ0) is 19.8. The van der Waals surface area contributed by atoms with Gasteiger partial charge in [0, 0.05) is 23.1 Å². The minimum Gasteiger partial charge on any atom is -0.484 e. The lowest BCUT2D eigenvalue weighted by Crippen LogP contribution is -2.49. The number of hydrogen-bond acceptors (Lipinski definition) is 3. The van der Waals surface area contributed by atoms with E-state index in [2.05, 4.69) is 21.2 Å². The molecular formula is C20H22BrClN2O3. The smallest absolute Gasteiger partial charge is 0.261 e. The molecule has 0 aliphatic carbocycles. The topological polar surface area (TPSA) is 58.6 Å². The molecule has 0 radical (unpaired) electrons. The minimum absolute atomic E-state index is 0.150. The number of nitrogens with zero attached hydrogens (tertiary/aromatic N) is 1. The summed E-state index contributed by atoms with van der Waals surface area (Å²) in [5, 5.41) is 3.25. The van der Waals surface area contributed by atoms with Crippen LogP contribution in [-0.4, -0.2) is 36.4 Å². The highest BCUT2D eigenvalue weighted by Gasteiger charge is 2.28. The maximum Gasteiger partial charge on any atom is 0.261 e. The molecule has 0 heterocycles. The molecule has 0 fully saturated rings. The Hall–Kier alpha value is -2.05. The first-order valence-electron chi connectivity index (χ1n) is 8.58. The predicted octanol–water partition coefficient (Wildman–Crippen LogP) is 4.03. The van der Waals surface area contributed by atoms with E-state index in [1.54, 1.807) is 36.2 Å². The van der Waals surface area contributed by atoms with Crippen molar-refractivity contribution < 1.29 is 14.3 Å². The van der Waals surface area contributed by atoms with Gasteiger partial charge in [0.25, 0.3) is 5.91 Å². The zero-order valence-electron chi connectivity index (χ0n) is 15.2. The first-order chi connectivity index (χ1) is 12.9. The summed E-state index contributed by atoms with van der Waals surface area (Å²) in [5.74, 6) is 0.123. The molecule has 144 valence electrons. The number of ether oxygens (including phenoxy) is 1. The average Bonchev–Trinajstić information content (AvgIpc) is 2.68. The summed E-state index contributed by atoms with van der Waals surface area (Å²) < 4.78 is 6.53. The summed E-state index contributed by atoms with van der Waals surface area (Å²) in [5.41, 5.74) is 0.888. The SMILES string of the molecule is CC[C@@H](C(=O)NC)N(Cc1ccc(Cl)cc1)C(=O)COc1ccc(Br)cc1. The van der Waals surface area contributed by atoms with Gasteiger partial charge in [-0.25, -0.2) is 0 Å². The van der Waals surface area contributed by atoms with E-state index in [1.807, 2.05) is 31.2 Å². The van der Waals surface area contributed by atoms with Crippen molar-refractivity contribution in [3.8, 4) is 5.75 Å². The van der Waals surface area contributed by atoms with Crippen LogP contribution in [-0.2, 0) is 16.1 Å². The van der Waals surface area contributed by atoms with E-state index in [0.29, 0.717) is 23.7 Å². The lowest BCUT2D eigenvalue weighted by molar-refractivity contribution is -0.142. The van der Waals surface area contributed by atoms with E-state index in [4.69, 9.17) is 16.3 Å². The van der Waals surface area contributed by atoms with Crippen LogP contribution in [0.5, 0.6) is 5.75 Å². The molecule has 2 amide bonds. The molecule has 0 saturated heterocycles. The molecule has 0 bridgehead atoms. The Bertz CT molecular complexity index is 766. The summed E-state index contributed by atoms with van der Waals surface area (Å²) in [7, 11) is 1.56. The van der Waals surface area contributed by atoms with Crippen LogP contribution in [0, 0.1) is 0 Å². The molecule has 0 aromatic heterocycles. The van der Waals surface area contributed by atoms with Gasteiger partial charge in [-0.2, -0.15) is 0 Å². The van der Waals surface area contributed by atoms with Crippen LogP contribution in [0.1, 0.15) is 18.9 Å². The summed E-state index contributed by atoms with van der Waals surface area (Å²) in [4.78, 5) is 26.7. The van der Waals surface area contributed by atoms with Gasteiger partial charge in [0.15, 0.2) is 6.61 Å². The van der Waals surface area contributed by atoms with Gasteiger partial charge in [-0.1, -0.05) is 46.6 Å². The van der Waals surface area contributed by atoms with Crippen LogP contribution in [0.25, 0.3) is 0 Å². The van der Waals surface area contributed by atoms with Gasteiger partial charge in [-0.15, -0.1) is 0 Å². The average molecular weight is 454 g/mol. The third-order valence-electron chi connectivity index (χ3n) is 4.07. The fourth-order valence-corrected chi connectivity index (χ4v) is 3.02. The molecule has 1 atom stereocenters. The number of likely N-dealkylation sites (N-methyl/N-ethyl adjacent to an activating group) is 1. The zero-order valence-corrected chi connectivity index (χ0v) is 17.6. The number of amides is 2. The third kappa shape index (κ3) is 6.26. The fraction of sp³-hybridized carbons (Fsp3) is 0.300. The Balaban J connectivity index is 2.15. The first kappa shape index (κ1) is 21.3. The van der Waals surface area contributed by atoms with Gasteiger partial charge in [0.1, 0.15) is 11.8 Å². The van der Waals surface area contributed by atoms with E-state index in [0.717, 1.165) is 10.0 Å². The molecular weight excluding hydrogens is 432 g/mol. The molecule has 1 N–H and O–H groups in total. The van der Waals surface area contributed by atoms with Crippen LogP contribution in [0.4, 0.5) is 0 Å². The van der Waals surface area contributed by atoms with E-state index in [1.165, 1.54) is 0 Å². The highest BCUT2D eigenvalue weighted by molar-refractivity contribution is 9.10. The Morgan fingerprint density at radius 1 is 1.15 bits per heavy atom. The molecule has 2 aromatic carbocycles. The molecule has 0 spiro atoms. The van der Waals surface area contributed by atoms with E-state index < -0.39 is 6.04 Å². The fourth-order valence-electron chi connectivity index (χ4n) is 2.63. The largest absolute Gasteiger partial charge is 0.484 e. The minimum atomic E-state index is -0.577. The van der Waals surface area contributed by atoms with Crippen molar-refractivity contribution in [2.75, 3.05) is 13.7 Å². The Morgan fingerprint density at radius 2 is 1.78 bits per heavy atom.